The summed E-state index contributed by atoms with van der Waals surface area (Å²) in [7, 11) is 5.73. The Balaban J connectivity index is 1.33. The van der Waals surface area contributed by atoms with Crippen molar-refractivity contribution in [3.63, 3.8) is 0 Å². The fourth-order valence-electron chi connectivity index (χ4n) is 3.97. The van der Waals surface area contributed by atoms with Gasteiger partial charge < -0.3 is 30.3 Å². The minimum absolute atomic E-state index is 0.280. The molecule has 0 fully saturated rings. The van der Waals surface area contributed by atoms with Gasteiger partial charge in [-0.3, -0.25) is 0 Å². The van der Waals surface area contributed by atoms with E-state index in [1.807, 2.05) is 80.8 Å². The molecule has 198 valence electrons. The Labute approximate surface area is 223 Å². The number of rotatable bonds is 12. The summed E-state index contributed by atoms with van der Waals surface area (Å²) in [5.41, 5.74) is 3.35. The number of ether oxygens (including phenoxy) is 2. The van der Waals surface area contributed by atoms with Gasteiger partial charge in [0.05, 0.1) is 24.6 Å². The normalized spacial score (nSPS) is 10.8. The van der Waals surface area contributed by atoms with Crippen molar-refractivity contribution in [1.29, 1.82) is 0 Å². The van der Waals surface area contributed by atoms with Crippen LogP contribution in [-0.2, 0) is 6.42 Å². The lowest BCUT2D eigenvalue weighted by atomic mass is 10.1. The molecule has 4 rings (SSSR count). The fraction of sp³-hybridized carbons (Fsp3) is 0.276. The van der Waals surface area contributed by atoms with E-state index in [0.29, 0.717) is 24.7 Å². The van der Waals surface area contributed by atoms with Gasteiger partial charge in [0.2, 0.25) is 0 Å². The summed E-state index contributed by atoms with van der Waals surface area (Å²) >= 11 is 0. The zero-order valence-electron chi connectivity index (χ0n) is 22.0. The molecule has 9 heteroatoms. The van der Waals surface area contributed by atoms with Gasteiger partial charge in [0.15, 0.2) is 0 Å². The van der Waals surface area contributed by atoms with Gasteiger partial charge in [0, 0.05) is 36.6 Å². The molecule has 0 aliphatic carbocycles. The van der Waals surface area contributed by atoms with Crippen LogP contribution in [0.25, 0.3) is 10.9 Å². The SMILES string of the molecule is COc1cc(OCCCN(C)C)cc2ncnc(NCCc3ccc(NC(=O)Nc4ccccc4)cc3)c12. The lowest BCUT2D eigenvalue weighted by Crippen LogP contribution is -2.19. The molecule has 0 aliphatic heterocycles. The molecule has 38 heavy (non-hydrogen) atoms. The number of hydrogen-bond acceptors (Lipinski definition) is 7. The molecule has 0 unspecified atom stereocenters. The van der Waals surface area contributed by atoms with E-state index in [-0.39, 0.29) is 6.03 Å². The molecule has 3 aromatic carbocycles. The van der Waals surface area contributed by atoms with Gasteiger partial charge in [-0.05, 0) is 56.8 Å². The third-order valence-corrected chi connectivity index (χ3v) is 5.86. The highest BCUT2D eigenvalue weighted by Gasteiger charge is 2.13. The Kier molecular flexibility index (Phi) is 9.31. The maximum atomic E-state index is 12.2. The fourth-order valence-corrected chi connectivity index (χ4v) is 3.97. The van der Waals surface area contributed by atoms with Gasteiger partial charge in [-0.25, -0.2) is 14.8 Å². The molecule has 1 aromatic heterocycles. The molecule has 4 aromatic rings. The minimum atomic E-state index is -0.280. The predicted octanol–water partition coefficient (Wildman–Crippen LogP) is 5.27. The zero-order chi connectivity index (χ0) is 26.7. The summed E-state index contributed by atoms with van der Waals surface area (Å²) in [6, 6.07) is 20.6. The van der Waals surface area contributed by atoms with Crippen LogP contribution >= 0.6 is 0 Å². The Hall–Kier alpha value is -4.37. The van der Waals surface area contributed by atoms with Crippen molar-refractivity contribution in [3.8, 4) is 11.5 Å². The van der Waals surface area contributed by atoms with Crippen LogP contribution in [0.2, 0.25) is 0 Å². The van der Waals surface area contributed by atoms with Gasteiger partial charge in [-0.2, -0.15) is 0 Å². The van der Waals surface area contributed by atoms with Crippen molar-refractivity contribution >= 4 is 34.1 Å². The largest absolute Gasteiger partial charge is 0.496 e. The molecule has 0 radical (unpaired) electrons. The zero-order valence-corrected chi connectivity index (χ0v) is 22.0. The summed E-state index contributed by atoms with van der Waals surface area (Å²) < 4.78 is 11.6. The molecule has 2 amide bonds. The molecule has 0 bridgehead atoms. The summed E-state index contributed by atoms with van der Waals surface area (Å²) in [6.45, 7) is 2.25. The molecule has 0 saturated carbocycles. The van der Waals surface area contributed by atoms with Gasteiger partial charge in [0.1, 0.15) is 23.6 Å². The van der Waals surface area contributed by atoms with Crippen molar-refractivity contribution < 1.29 is 14.3 Å². The highest BCUT2D eigenvalue weighted by Crippen LogP contribution is 2.34. The first-order valence-electron chi connectivity index (χ1n) is 12.6. The Morgan fingerprint density at radius 1 is 0.947 bits per heavy atom. The summed E-state index contributed by atoms with van der Waals surface area (Å²) in [5, 5.41) is 9.89. The number of nitrogens with one attached hydrogen (secondary N) is 3. The number of urea groups is 1. The summed E-state index contributed by atoms with van der Waals surface area (Å²) in [5.74, 6) is 2.10. The predicted molar refractivity (Wildman–Crippen MR) is 152 cm³/mol. The second-order valence-corrected chi connectivity index (χ2v) is 9.07. The number of anilines is 3. The van der Waals surface area contributed by atoms with Crippen LogP contribution in [0.5, 0.6) is 11.5 Å². The first kappa shape index (κ1) is 26.7. The highest BCUT2D eigenvalue weighted by atomic mass is 16.5. The second-order valence-electron chi connectivity index (χ2n) is 9.07. The second kappa shape index (κ2) is 13.3. The van der Waals surface area contributed by atoms with E-state index in [9.17, 15) is 4.79 Å². The van der Waals surface area contributed by atoms with E-state index in [4.69, 9.17) is 9.47 Å². The van der Waals surface area contributed by atoms with Crippen molar-refractivity contribution in [1.82, 2.24) is 14.9 Å². The highest BCUT2D eigenvalue weighted by molar-refractivity contribution is 5.99. The van der Waals surface area contributed by atoms with Gasteiger partial charge >= 0.3 is 6.03 Å². The van der Waals surface area contributed by atoms with Crippen molar-refractivity contribution in [3.05, 3.63) is 78.6 Å². The van der Waals surface area contributed by atoms with Crippen LogP contribution in [0, 0.1) is 0 Å². The quantitative estimate of drug-likeness (QED) is 0.222. The van der Waals surface area contributed by atoms with Gasteiger partial charge in [0.25, 0.3) is 0 Å². The molecular formula is C29H34N6O3. The lowest BCUT2D eigenvalue weighted by molar-refractivity contribution is 0.262. The number of amides is 2. The number of para-hydroxylation sites is 1. The first-order chi connectivity index (χ1) is 18.5. The van der Waals surface area contributed by atoms with E-state index in [0.717, 1.165) is 53.0 Å². The monoisotopic (exact) mass is 514 g/mol. The first-order valence-corrected chi connectivity index (χ1v) is 12.6. The van der Waals surface area contributed by atoms with Crippen molar-refractivity contribution in [2.75, 3.05) is 56.9 Å². The average molecular weight is 515 g/mol. The average Bonchev–Trinajstić information content (AvgIpc) is 2.92. The minimum Gasteiger partial charge on any atom is -0.496 e. The van der Waals surface area contributed by atoms with Crippen LogP contribution in [0.3, 0.4) is 0 Å². The molecule has 0 atom stereocenters. The third kappa shape index (κ3) is 7.57. The standard InChI is InChI=1S/C29H34N6O3/c1-35(2)16-7-17-38-24-18-25-27(26(19-24)37-3)28(32-20-31-25)30-15-14-21-10-12-23(13-11-21)34-29(36)33-22-8-5-4-6-9-22/h4-6,8-13,18-20H,7,14-17H2,1-3H3,(H,30,31,32)(H2,33,34,36). The third-order valence-electron chi connectivity index (χ3n) is 5.86. The van der Waals surface area contributed by atoms with E-state index >= 15 is 0 Å². The maximum absolute atomic E-state index is 12.2. The Morgan fingerprint density at radius 3 is 2.39 bits per heavy atom. The smallest absolute Gasteiger partial charge is 0.323 e. The van der Waals surface area contributed by atoms with Crippen LogP contribution in [0.4, 0.5) is 22.0 Å². The number of fused-ring (bicyclic) bond motifs is 1. The molecule has 0 saturated heterocycles. The molecule has 0 spiro atoms. The topological polar surface area (TPSA) is 101 Å². The van der Waals surface area contributed by atoms with Crippen LogP contribution in [-0.4, -0.2) is 61.8 Å². The maximum Gasteiger partial charge on any atom is 0.323 e. The number of nitrogens with zero attached hydrogens (tertiary/aromatic N) is 3. The van der Waals surface area contributed by atoms with Crippen molar-refractivity contribution in [2.45, 2.75) is 12.8 Å². The van der Waals surface area contributed by atoms with E-state index in [2.05, 4.69) is 30.8 Å². The van der Waals surface area contributed by atoms with Gasteiger partial charge in [-0.1, -0.05) is 30.3 Å². The number of benzene rings is 3. The lowest BCUT2D eigenvalue weighted by Gasteiger charge is -2.14. The number of hydrogen-bond donors (Lipinski definition) is 3. The van der Waals surface area contributed by atoms with Gasteiger partial charge in [-0.15, -0.1) is 0 Å². The van der Waals surface area contributed by atoms with E-state index in [1.54, 1.807) is 13.4 Å². The molecule has 9 nitrogen and oxygen atoms in total. The van der Waals surface area contributed by atoms with Crippen LogP contribution in [0.15, 0.2) is 73.1 Å². The summed E-state index contributed by atoms with van der Waals surface area (Å²) in [6.07, 6.45) is 3.25. The Bertz CT molecular complexity index is 1330. The van der Waals surface area contributed by atoms with E-state index < -0.39 is 0 Å². The van der Waals surface area contributed by atoms with Crippen LogP contribution in [0.1, 0.15) is 12.0 Å². The van der Waals surface area contributed by atoms with Crippen LogP contribution < -0.4 is 25.4 Å². The number of carbonyl (C=O) groups excluding carboxylic acids is 1. The molecular weight excluding hydrogens is 480 g/mol. The molecule has 3 N–H and O–H groups in total. The Morgan fingerprint density at radius 2 is 1.68 bits per heavy atom. The molecule has 0 aliphatic rings. The van der Waals surface area contributed by atoms with E-state index in [1.165, 1.54) is 0 Å². The van der Waals surface area contributed by atoms with Crippen molar-refractivity contribution in [2.24, 2.45) is 0 Å². The number of methoxy groups -OCH3 is 1. The number of carbonyl (C=O) groups is 1. The number of aromatic nitrogens is 2. The summed E-state index contributed by atoms with van der Waals surface area (Å²) in [4.78, 5) is 23.2. The molecule has 1 heterocycles.